The van der Waals surface area contributed by atoms with Crippen molar-refractivity contribution < 1.29 is 19.8 Å². The average molecular weight is 223 g/mol. The van der Waals surface area contributed by atoms with Gasteiger partial charge in [0.05, 0.1) is 0 Å². The summed E-state index contributed by atoms with van der Waals surface area (Å²) < 4.78 is 0. The summed E-state index contributed by atoms with van der Waals surface area (Å²) in [4.78, 5) is 21.1. The van der Waals surface area contributed by atoms with Crippen LogP contribution in [-0.2, 0) is 16.0 Å². The highest BCUT2D eigenvalue weighted by atomic mass is 16.4. The molecule has 0 heterocycles. The second-order valence-corrected chi connectivity index (χ2v) is 3.30. The molecular formula is C11H13NO4. The second kappa shape index (κ2) is 5.87. The number of carbonyl (C=O) groups is 2. The van der Waals surface area contributed by atoms with Crippen LogP contribution in [0.3, 0.4) is 0 Å². The molecule has 0 unspecified atom stereocenters. The van der Waals surface area contributed by atoms with Crippen molar-refractivity contribution in [3.63, 3.8) is 0 Å². The predicted molar refractivity (Wildman–Crippen MR) is 57.2 cm³/mol. The summed E-state index contributed by atoms with van der Waals surface area (Å²) in [5.41, 5.74) is 1.03. The first-order valence-electron chi connectivity index (χ1n) is 4.84. The lowest BCUT2D eigenvalue weighted by Crippen LogP contribution is -2.44. The lowest BCUT2D eigenvalue weighted by Gasteiger charge is -2.09. The predicted octanol–water partition coefficient (Wildman–Crippen LogP) is 0.356. The Morgan fingerprint density at radius 2 is 1.69 bits per heavy atom. The van der Waals surface area contributed by atoms with Crippen LogP contribution in [0.1, 0.15) is 5.56 Å². The van der Waals surface area contributed by atoms with Gasteiger partial charge in [-0.3, -0.25) is 5.32 Å². The molecule has 86 valence electrons. The van der Waals surface area contributed by atoms with Crippen LogP contribution in [0.5, 0.6) is 0 Å². The normalized spacial score (nSPS) is 10.3. The zero-order chi connectivity index (χ0) is 12.0. The molecule has 16 heavy (non-hydrogen) atoms. The van der Waals surface area contributed by atoms with E-state index >= 15 is 0 Å². The molecule has 0 radical (unpaired) electrons. The van der Waals surface area contributed by atoms with Crippen molar-refractivity contribution in [2.75, 3.05) is 6.54 Å². The summed E-state index contributed by atoms with van der Waals surface area (Å²) in [6.07, 6.45) is 0.595. The molecule has 0 spiro atoms. The van der Waals surface area contributed by atoms with Crippen LogP contribution in [0, 0.1) is 0 Å². The highest BCUT2D eigenvalue weighted by Crippen LogP contribution is 1.98. The van der Waals surface area contributed by atoms with Crippen LogP contribution in [0.15, 0.2) is 30.3 Å². The molecule has 1 aromatic rings. The van der Waals surface area contributed by atoms with Crippen molar-refractivity contribution in [2.24, 2.45) is 0 Å². The van der Waals surface area contributed by atoms with Crippen molar-refractivity contribution in [3.05, 3.63) is 35.9 Å². The van der Waals surface area contributed by atoms with E-state index < -0.39 is 18.0 Å². The number of hydrogen-bond acceptors (Lipinski definition) is 3. The smallest absolute Gasteiger partial charge is 0.332 e. The third kappa shape index (κ3) is 3.70. The standard InChI is InChI=1S/C11H13NO4/c13-10(14)9(11(15)16)12-7-6-8-4-2-1-3-5-8/h1-5,9,12H,6-7H2,(H,13,14)(H,15,16). The first kappa shape index (κ1) is 12.2. The Labute approximate surface area is 92.7 Å². The highest BCUT2D eigenvalue weighted by Gasteiger charge is 2.24. The van der Waals surface area contributed by atoms with E-state index in [0.29, 0.717) is 13.0 Å². The molecule has 1 aromatic carbocycles. The van der Waals surface area contributed by atoms with Crippen molar-refractivity contribution in [1.82, 2.24) is 5.32 Å². The molecule has 0 aliphatic carbocycles. The van der Waals surface area contributed by atoms with Gasteiger partial charge in [-0.1, -0.05) is 30.3 Å². The fraction of sp³-hybridized carbons (Fsp3) is 0.273. The molecule has 0 aliphatic heterocycles. The number of hydrogen-bond donors (Lipinski definition) is 3. The Kier molecular flexibility index (Phi) is 4.47. The van der Waals surface area contributed by atoms with Crippen LogP contribution in [0.4, 0.5) is 0 Å². The molecule has 0 amide bonds. The van der Waals surface area contributed by atoms with Crippen molar-refractivity contribution in [2.45, 2.75) is 12.5 Å². The number of carboxylic acids is 2. The molecule has 5 nitrogen and oxygen atoms in total. The number of benzene rings is 1. The SMILES string of the molecule is O=C(O)C(NCCc1ccccc1)C(=O)O. The fourth-order valence-electron chi connectivity index (χ4n) is 1.29. The Morgan fingerprint density at radius 3 is 2.19 bits per heavy atom. The van der Waals surface area contributed by atoms with Gasteiger partial charge < -0.3 is 10.2 Å². The summed E-state index contributed by atoms with van der Waals surface area (Å²) in [7, 11) is 0. The van der Waals surface area contributed by atoms with E-state index in [0.717, 1.165) is 5.56 Å². The van der Waals surface area contributed by atoms with Gasteiger partial charge in [0, 0.05) is 6.54 Å². The number of aliphatic carboxylic acids is 2. The Hall–Kier alpha value is -1.88. The molecule has 5 heteroatoms. The highest BCUT2D eigenvalue weighted by molar-refractivity contribution is 5.97. The second-order valence-electron chi connectivity index (χ2n) is 3.30. The summed E-state index contributed by atoms with van der Waals surface area (Å²) in [6, 6.07) is 7.90. The van der Waals surface area contributed by atoms with E-state index in [1.807, 2.05) is 30.3 Å². The minimum atomic E-state index is -1.54. The van der Waals surface area contributed by atoms with Gasteiger partial charge in [-0.05, 0) is 12.0 Å². The van der Waals surface area contributed by atoms with Crippen molar-refractivity contribution in [3.8, 4) is 0 Å². The minimum absolute atomic E-state index is 0.313. The minimum Gasteiger partial charge on any atom is -0.480 e. The van der Waals surface area contributed by atoms with Gasteiger partial charge in [0.25, 0.3) is 0 Å². The Morgan fingerprint density at radius 1 is 1.12 bits per heavy atom. The Balaban J connectivity index is 2.40. The third-order valence-corrected chi connectivity index (χ3v) is 2.10. The van der Waals surface area contributed by atoms with Crippen molar-refractivity contribution >= 4 is 11.9 Å². The summed E-state index contributed by atoms with van der Waals surface area (Å²) >= 11 is 0. The maximum atomic E-state index is 10.5. The first-order chi connectivity index (χ1) is 7.61. The van der Waals surface area contributed by atoms with Gasteiger partial charge in [-0.15, -0.1) is 0 Å². The summed E-state index contributed by atoms with van der Waals surface area (Å²) in [6.45, 7) is 0.313. The van der Waals surface area contributed by atoms with Gasteiger partial charge in [-0.2, -0.15) is 0 Å². The van der Waals surface area contributed by atoms with Crippen LogP contribution < -0.4 is 5.32 Å². The van der Waals surface area contributed by atoms with E-state index in [2.05, 4.69) is 5.32 Å². The van der Waals surface area contributed by atoms with E-state index in [9.17, 15) is 9.59 Å². The molecule has 3 N–H and O–H groups in total. The molecule has 0 saturated carbocycles. The van der Waals surface area contributed by atoms with E-state index in [-0.39, 0.29) is 0 Å². The molecule has 1 rings (SSSR count). The Bertz CT molecular complexity index is 350. The molecule has 0 atom stereocenters. The number of carboxylic acid groups (broad SMARTS) is 2. The van der Waals surface area contributed by atoms with E-state index in [1.54, 1.807) is 0 Å². The average Bonchev–Trinajstić information content (AvgIpc) is 2.24. The van der Waals surface area contributed by atoms with Gasteiger partial charge in [0.1, 0.15) is 0 Å². The molecule has 0 fully saturated rings. The summed E-state index contributed by atoms with van der Waals surface area (Å²) in [5.74, 6) is -2.75. The number of nitrogens with one attached hydrogen (secondary N) is 1. The van der Waals surface area contributed by atoms with Crippen LogP contribution in [0.25, 0.3) is 0 Å². The zero-order valence-corrected chi connectivity index (χ0v) is 8.59. The van der Waals surface area contributed by atoms with Gasteiger partial charge in [-0.25, -0.2) is 9.59 Å². The molecule has 0 saturated heterocycles. The van der Waals surface area contributed by atoms with Crippen LogP contribution in [0.2, 0.25) is 0 Å². The molecule has 0 aromatic heterocycles. The largest absolute Gasteiger partial charge is 0.480 e. The molecule has 0 aliphatic rings. The monoisotopic (exact) mass is 223 g/mol. The van der Waals surface area contributed by atoms with Gasteiger partial charge >= 0.3 is 11.9 Å². The van der Waals surface area contributed by atoms with Crippen LogP contribution in [-0.4, -0.2) is 34.7 Å². The third-order valence-electron chi connectivity index (χ3n) is 2.10. The van der Waals surface area contributed by atoms with E-state index in [4.69, 9.17) is 10.2 Å². The summed E-state index contributed by atoms with van der Waals surface area (Å²) in [5, 5.41) is 19.7. The topological polar surface area (TPSA) is 86.6 Å². The first-order valence-corrected chi connectivity index (χ1v) is 4.84. The van der Waals surface area contributed by atoms with Gasteiger partial charge in [0.15, 0.2) is 0 Å². The quantitative estimate of drug-likeness (QED) is 0.606. The molecular weight excluding hydrogens is 210 g/mol. The number of rotatable bonds is 6. The van der Waals surface area contributed by atoms with Crippen molar-refractivity contribution in [1.29, 1.82) is 0 Å². The zero-order valence-electron chi connectivity index (χ0n) is 8.59. The lowest BCUT2D eigenvalue weighted by atomic mass is 10.1. The van der Waals surface area contributed by atoms with E-state index in [1.165, 1.54) is 0 Å². The molecule has 0 bridgehead atoms. The lowest BCUT2D eigenvalue weighted by molar-refractivity contribution is -0.151. The van der Waals surface area contributed by atoms with Crippen LogP contribution >= 0.6 is 0 Å². The maximum absolute atomic E-state index is 10.5. The fourth-order valence-corrected chi connectivity index (χ4v) is 1.29. The maximum Gasteiger partial charge on any atom is 0.332 e. The van der Waals surface area contributed by atoms with Gasteiger partial charge in [0.2, 0.25) is 6.04 Å².